The molecule has 0 aliphatic carbocycles. The minimum Gasteiger partial charge on any atom is -0.316 e. The first-order valence-electron chi connectivity index (χ1n) is 7.05. The Hall–Kier alpha value is -0.940. The van der Waals surface area contributed by atoms with Crippen LogP contribution in [0.25, 0.3) is 0 Å². The molecule has 1 N–H and O–H groups in total. The number of aromatic nitrogens is 3. The fourth-order valence-corrected chi connectivity index (χ4v) is 2.64. The lowest BCUT2D eigenvalue weighted by Gasteiger charge is -2.27. The normalized spacial score (nSPS) is 20.5. The molecular weight excluding hydrogens is 226 g/mol. The van der Waals surface area contributed by atoms with Gasteiger partial charge < -0.3 is 5.32 Å². The first-order valence-corrected chi connectivity index (χ1v) is 7.05. The van der Waals surface area contributed by atoms with Crippen LogP contribution in [0.2, 0.25) is 0 Å². The van der Waals surface area contributed by atoms with Gasteiger partial charge in [-0.2, -0.15) is 5.10 Å². The van der Waals surface area contributed by atoms with Crippen LogP contribution in [-0.4, -0.2) is 46.3 Å². The summed E-state index contributed by atoms with van der Waals surface area (Å²) in [6, 6.07) is 0. The highest BCUT2D eigenvalue weighted by molar-refractivity contribution is 4.85. The number of nitrogens with zero attached hydrogens (tertiary/aromatic N) is 4. The van der Waals surface area contributed by atoms with Gasteiger partial charge in [-0.1, -0.05) is 6.92 Å². The van der Waals surface area contributed by atoms with Crippen molar-refractivity contribution in [2.24, 2.45) is 5.92 Å². The summed E-state index contributed by atoms with van der Waals surface area (Å²) in [7, 11) is 2.18. The van der Waals surface area contributed by atoms with Gasteiger partial charge in [0.05, 0.1) is 6.54 Å². The van der Waals surface area contributed by atoms with E-state index in [1.807, 2.05) is 4.68 Å². The first-order chi connectivity index (χ1) is 8.79. The Balaban J connectivity index is 1.82. The van der Waals surface area contributed by atoms with Gasteiger partial charge in [-0.05, 0) is 45.3 Å². The minimum absolute atomic E-state index is 0.784. The summed E-state index contributed by atoms with van der Waals surface area (Å²) in [5, 5.41) is 7.74. The van der Waals surface area contributed by atoms with Crippen LogP contribution in [0.15, 0.2) is 6.33 Å². The van der Waals surface area contributed by atoms with Crippen LogP contribution in [0.1, 0.15) is 32.0 Å². The second-order valence-electron chi connectivity index (χ2n) is 5.31. The number of piperidine rings is 1. The third-order valence-electron chi connectivity index (χ3n) is 3.51. The number of rotatable bonds is 6. The van der Waals surface area contributed by atoms with E-state index in [0.717, 1.165) is 44.3 Å². The van der Waals surface area contributed by atoms with E-state index in [1.54, 1.807) is 6.33 Å². The van der Waals surface area contributed by atoms with Gasteiger partial charge in [0.15, 0.2) is 0 Å². The summed E-state index contributed by atoms with van der Waals surface area (Å²) in [6.07, 6.45) is 5.43. The van der Waals surface area contributed by atoms with Crippen LogP contribution in [0, 0.1) is 5.92 Å². The predicted molar refractivity (Wildman–Crippen MR) is 72.2 cm³/mol. The second-order valence-corrected chi connectivity index (χ2v) is 5.31. The molecule has 0 bridgehead atoms. The highest BCUT2D eigenvalue weighted by Crippen LogP contribution is 2.12. The molecule has 18 heavy (non-hydrogen) atoms. The van der Waals surface area contributed by atoms with Gasteiger partial charge in [0.1, 0.15) is 12.2 Å². The topological polar surface area (TPSA) is 46.0 Å². The fraction of sp³-hybridized carbons (Fsp3) is 0.846. The van der Waals surface area contributed by atoms with Crippen LogP contribution in [-0.2, 0) is 13.1 Å². The molecule has 1 saturated heterocycles. The van der Waals surface area contributed by atoms with Crippen molar-refractivity contribution < 1.29 is 0 Å². The molecule has 2 rings (SSSR count). The third-order valence-corrected chi connectivity index (χ3v) is 3.51. The van der Waals surface area contributed by atoms with Crippen LogP contribution in [0.4, 0.5) is 0 Å². The Bertz CT molecular complexity index is 343. The molecule has 5 heteroatoms. The zero-order valence-corrected chi connectivity index (χ0v) is 11.6. The maximum absolute atomic E-state index is 4.36. The maximum Gasteiger partial charge on any atom is 0.140 e. The second kappa shape index (κ2) is 6.85. The third kappa shape index (κ3) is 3.78. The van der Waals surface area contributed by atoms with Crippen LogP contribution in [0.5, 0.6) is 0 Å². The van der Waals surface area contributed by atoms with Crippen LogP contribution in [0.3, 0.4) is 0 Å². The summed E-state index contributed by atoms with van der Waals surface area (Å²) in [6.45, 7) is 7.52. The van der Waals surface area contributed by atoms with Crippen molar-refractivity contribution in [3.63, 3.8) is 0 Å². The molecule has 5 nitrogen and oxygen atoms in total. The lowest BCUT2D eigenvalue weighted by Crippen LogP contribution is -2.37. The van der Waals surface area contributed by atoms with E-state index in [9.17, 15) is 0 Å². The number of hydrogen-bond acceptors (Lipinski definition) is 4. The molecule has 1 aromatic heterocycles. The number of aryl methyl sites for hydroxylation is 1. The summed E-state index contributed by atoms with van der Waals surface area (Å²) in [5.74, 6) is 1.87. The molecule has 1 aliphatic heterocycles. The molecular formula is C13H25N5. The van der Waals surface area contributed by atoms with Crippen molar-refractivity contribution in [3.05, 3.63) is 12.2 Å². The SMILES string of the molecule is CCCn1ncnc1CN(C)CC1CCCNC1. The van der Waals surface area contributed by atoms with Gasteiger partial charge in [-0.15, -0.1) is 0 Å². The zero-order valence-electron chi connectivity index (χ0n) is 11.6. The van der Waals surface area contributed by atoms with Crippen LogP contribution >= 0.6 is 0 Å². The number of nitrogens with one attached hydrogen (secondary N) is 1. The standard InChI is InChI=1S/C13H25N5/c1-3-7-18-13(15-11-16-18)10-17(2)9-12-5-4-6-14-8-12/h11-12,14H,3-10H2,1-2H3. The molecule has 1 unspecified atom stereocenters. The van der Waals surface area contributed by atoms with Crippen molar-refractivity contribution in [3.8, 4) is 0 Å². The van der Waals surface area contributed by atoms with E-state index >= 15 is 0 Å². The smallest absolute Gasteiger partial charge is 0.140 e. The first kappa shape index (κ1) is 13.5. The maximum atomic E-state index is 4.36. The summed E-state index contributed by atoms with van der Waals surface area (Å²) in [5.41, 5.74) is 0. The molecule has 1 fully saturated rings. The highest BCUT2D eigenvalue weighted by Gasteiger charge is 2.16. The molecule has 0 saturated carbocycles. The molecule has 2 heterocycles. The summed E-state index contributed by atoms with van der Waals surface area (Å²) < 4.78 is 2.02. The Morgan fingerprint density at radius 2 is 2.44 bits per heavy atom. The molecule has 1 aliphatic rings. The molecule has 0 spiro atoms. The van der Waals surface area contributed by atoms with Crippen molar-refractivity contribution in [1.82, 2.24) is 25.0 Å². The molecule has 0 aromatic carbocycles. The van der Waals surface area contributed by atoms with Crippen molar-refractivity contribution >= 4 is 0 Å². The van der Waals surface area contributed by atoms with Gasteiger partial charge in [-0.25, -0.2) is 9.67 Å². The molecule has 0 radical (unpaired) electrons. The number of hydrogen-bond donors (Lipinski definition) is 1. The monoisotopic (exact) mass is 251 g/mol. The lowest BCUT2D eigenvalue weighted by atomic mass is 9.99. The molecule has 1 atom stereocenters. The van der Waals surface area contributed by atoms with Crippen molar-refractivity contribution in [1.29, 1.82) is 0 Å². The van der Waals surface area contributed by atoms with E-state index in [-0.39, 0.29) is 0 Å². The summed E-state index contributed by atoms with van der Waals surface area (Å²) in [4.78, 5) is 6.73. The van der Waals surface area contributed by atoms with E-state index in [4.69, 9.17) is 0 Å². The van der Waals surface area contributed by atoms with Gasteiger partial charge in [-0.3, -0.25) is 4.90 Å². The highest BCUT2D eigenvalue weighted by atomic mass is 15.3. The summed E-state index contributed by atoms with van der Waals surface area (Å²) >= 11 is 0. The Morgan fingerprint density at radius 1 is 1.56 bits per heavy atom. The molecule has 0 amide bonds. The van der Waals surface area contributed by atoms with E-state index in [2.05, 4.69) is 34.3 Å². The van der Waals surface area contributed by atoms with Gasteiger partial charge in [0, 0.05) is 13.1 Å². The Kier molecular flexibility index (Phi) is 5.13. The van der Waals surface area contributed by atoms with Crippen LogP contribution < -0.4 is 5.32 Å². The fourth-order valence-electron chi connectivity index (χ4n) is 2.64. The van der Waals surface area contributed by atoms with E-state index in [0.29, 0.717) is 0 Å². The van der Waals surface area contributed by atoms with Gasteiger partial charge in [0.2, 0.25) is 0 Å². The van der Waals surface area contributed by atoms with Crippen molar-refractivity contribution in [2.45, 2.75) is 39.3 Å². The Labute approximate surface area is 110 Å². The zero-order chi connectivity index (χ0) is 12.8. The average Bonchev–Trinajstić information content (AvgIpc) is 2.78. The molecule has 1 aromatic rings. The average molecular weight is 251 g/mol. The quantitative estimate of drug-likeness (QED) is 0.823. The predicted octanol–water partition coefficient (Wildman–Crippen LogP) is 1.12. The van der Waals surface area contributed by atoms with Gasteiger partial charge in [0.25, 0.3) is 0 Å². The van der Waals surface area contributed by atoms with E-state index in [1.165, 1.54) is 19.4 Å². The van der Waals surface area contributed by atoms with Crippen molar-refractivity contribution in [2.75, 3.05) is 26.7 Å². The Morgan fingerprint density at radius 3 is 3.17 bits per heavy atom. The lowest BCUT2D eigenvalue weighted by molar-refractivity contribution is 0.230. The molecule has 102 valence electrons. The van der Waals surface area contributed by atoms with E-state index < -0.39 is 0 Å². The van der Waals surface area contributed by atoms with Gasteiger partial charge >= 0.3 is 0 Å². The largest absolute Gasteiger partial charge is 0.316 e. The minimum atomic E-state index is 0.784.